The molecule has 4 atom stereocenters. The average molecular weight is 386 g/mol. The molecule has 0 bridgehead atoms. The molecule has 0 saturated heterocycles. The Morgan fingerprint density at radius 2 is 1.82 bits per heavy atom. The molecular formula is C23H30O5. The van der Waals surface area contributed by atoms with E-state index in [-0.39, 0.29) is 16.9 Å². The van der Waals surface area contributed by atoms with E-state index in [1.54, 1.807) is 18.2 Å². The second-order valence-corrected chi connectivity index (χ2v) is 8.53. The maximum Gasteiger partial charge on any atom is 0.331 e. The third-order valence-corrected chi connectivity index (χ3v) is 6.34. The number of ether oxygens (including phenoxy) is 1. The Bertz CT molecular complexity index is 742. The highest BCUT2D eigenvalue weighted by Crippen LogP contribution is 2.60. The summed E-state index contributed by atoms with van der Waals surface area (Å²) in [5.74, 6) is -0.833. The van der Waals surface area contributed by atoms with Crippen LogP contribution in [0, 0.1) is 16.7 Å². The van der Waals surface area contributed by atoms with Gasteiger partial charge in [0.05, 0.1) is 0 Å². The minimum absolute atomic E-state index is 0.0336. The van der Waals surface area contributed by atoms with Crippen LogP contribution in [0.15, 0.2) is 48.1 Å². The van der Waals surface area contributed by atoms with E-state index in [4.69, 9.17) is 4.74 Å². The molecule has 0 unspecified atom stereocenters. The molecule has 28 heavy (non-hydrogen) atoms. The highest BCUT2D eigenvalue weighted by atomic mass is 16.5. The van der Waals surface area contributed by atoms with Crippen molar-refractivity contribution in [2.24, 2.45) is 16.7 Å². The van der Waals surface area contributed by atoms with Gasteiger partial charge >= 0.3 is 5.97 Å². The third-order valence-electron chi connectivity index (χ3n) is 6.34. The van der Waals surface area contributed by atoms with E-state index >= 15 is 0 Å². The molecule has 0 aromatic heterocycles. The summed E-state index contributed by atoms with van der Waals surface area (Å²) < 4.78 is 5.70. The van der Waals surface area contributed by atoms with E-state index in [1.165, 1.54) is 12.2 Å². The van der Waals surface area contributed by atoms with Gasteiger partial charge in [-0.3, -0.25) is 9.59 Å². The fourth-order valence-electron chi connectivity index (χ4n) is 5.03. The van der Waals surface area contributed by atoms with Gasteiger partial charge < -0.3 is 9.84 Å². The van der Waals surface area contributed by atoms with Crippen LogP contribution in [0.3, 0.4) is 0 Å². The number of aldehydes is 2. The molecule has 0 aliphatic heterocycles. The summed E-state index contributed by atoms with van der Waals surface area (Å²) in [4.78, 5) is 35.9. The molecule has 2 aliphatic rings. The summed E-state index contributed by atoms with van der Waals surface area (Å²) in [7, 11) is 0. The van der Waals surface area contributed by atoms with Crippen molar-refractivity contribution in [3.8, 4) is 0 Å². The molecule has 2 aliphatic carbocycles. The van der Waals surface area contributed by atoms with Crippen molar-refractivity contribution in [2.75, 3.05) is 0 Å². The summed E-state index contributed by atoms with van der Waals surface area (Å²) in [6.45, 7) is 7.82. The number of rotatable bonds is 6. The second kappa shape index (κ2) is 8.39. The molecule has 0 radical (unpaired) electrons. The molecular weight excluding hydrogens is 356 g/mol. The zero-order valence-corrected chi connectivity index (χ0v) is 17.1. The maximum atomic E-state index is 12.3. The van der Waals surface area contributed by atoms with Gasteiger partial charge in [-0.05, 0) is 31.3 Å². The van der Waals surface area contributed by atoms with Gasteiger partial charge in [-0.2, -0.15) is 0 Å². The Hall–Kier alpha value is -2.27. The van der Waals surface area contributed by atoms with Crippen molar-refractivity contribution >= 4 is 18.5 Å². The van der Waals surface area contributed by atoms with Crippen LogP contribution in [0.5, 0.6) is 0 Å². The van der Waals surface area contributed by atoms with Crippen LogP contribution in [0.25, 0.3) is 0 Å². The molecule has 0 aromatic carbocycles. The Morgan fingerprint density at radius 3 is 2.43 bits per heavy atom. The molecule has 5 nitrogen and oxygen atoms in total. The number of carbonyl (C=O) groups excluding carboxylic acids is 3. The van der Waals surface area contributed by atoms with Gasteiger partial charge in [-0.15, -0.1) is 0 Å². The lowest BCUT2D eigenvalue weighted by molar-refractivity contribution is -0.184. The summed E-state index contributed by atoms with van der Waals surface area (Å²) >= 11 is 0. The first-order valence-corrected chi connectivity index (χ1v) is 9.69. The van der Waals surface area contributed by atoms with E-state index in [0.29, 0.717) is 19.0 Å². The van der Waals surface area contributed by atoms with E-state index in [9.17, 15) is 19.5 Å². The number of carbonyl (C=O) groups is 3. The van der Waals surface area contributed by atoms with Crippen molar-refractivity contribution < 1.29 is 24.2 Å². The van der Waals surface area contributed by atoms with Gasteiger partial charge in [0.15, 0.2) is 11.9 Å². The van der Waals surface area contributed by atoms with Crippen molar-refractivity contribution in [1.82, 2.24) is 0 Å². The summed E-state index contributed by atoms with van der Waals surface area (Å²) in [6, 6.07) is 0. The second-order valence-electron chi connectivity index (χ2n) is 8.53. The van der Waals surface area contributed by atoms with Gasteiger partial charge in [-0.1, -0.05) is 57.6 Å². The van der Waals surface area contributed by atoms with Gasteiger partial charge in [0.1, 0.15) is 12.4 Å². The standard InChI is InChI=1S/C23H30O5/c1-5-6-7-8-9-11-19(26)28-18-14-17(15-24)23(27,16-25)22(4)13-10-12-21(2,3)20(18)22/h5-9,11,14-16,18,20,27H,10,12-13H2,1-4H3/b6-5+,8-7+,11-9+/t18-,20+,22+,23-/m0/s1. The monoisotopic (exact) mass is 386 g/mol. The van der Waals surface area contributed by atoms with Gasteiger partial charge in [-0.25, -0.2) is 4.79 Å². The normalized spacial score (nSPS) is 35.0. The lowest BCUT2D eigenvalue weighted by atomic mass is 9.46. The minimum atomic E-state index is -1.88. The van der Waals surface area contributed by atoms with Crippen molar-refractivity contribution in [3.05, 3.63) is 48.1 Å². The molecule has 1 fully saturated rings. The van der Waals surface area contributed by atoms with E-state index in [2.05, 4.69) is 13.8 Å². The largest absolute Gasteiger partial charge is 0.455 e. The first kappa shape index (κ1) is 22.0. The van der Waals surface area contributed by atoms with Crippen LogP contribution in [-0.4, -0.2) is 35.4 Å². The van der Waals surface area contributed by atoms with Crippen LogP contribution in [0.4, 0.5) is 0 Å². The van der Waals surface area contributed by atoms with Crippen molar-refractivity contribution in [2.45, 2.75) is 58.7 Å². The Labute approximate surface area is 166 Å². The SMILES string of the molecule is C/C=C/C=C/C=C/C(=O)O[C@H]1C=C(C=O)[C@@](O)(C=O)[C@]2(C)CCCC(C)(C)[C@@H]12. The first-order chi connectivity index (χ1) is 13.2. The van der Waals surface area contributed by atoms with Crippen molar-refractivity contribution in [1.29, 1.82) is 0 Å². The van der Waals surface area contributed by atoms with Gasteiger partial charge in [0.25, 0.3) is 0 Å². The quantitative estimate of drug-likeness (QED) is 0.327. The predicted octanol–water partition coefficient (Wildman–Crippen LogP) is 3.49. The number of aliphatic hydroxyl groups is 1. The fraction of sp³-hybridized carbons (Fsp3) is 0.522. The summed E-state index contributed by atoms with van der Waals surface area (Å²) in [5.41, 5.74) is -3.10. The number of allylic oxidation sites excluding steroid dienone is 5. The van der Waals surface area contributed by atoms with Crippen LogP contribution in [0.1, 0.15) is 47.0 Å². The molecule has 1 N–H and O–H groups in total. The zero-order valence-electron chi connectivity index (χ0n) is 17.1. The predicted molar refractivity (Wildman–Crippen MR) is 107 cm³/mol. The summed E-state index contributed by atoms with van der Waals surface area (Å²) in [5, 5.41) is 11.2. The summed E-state index contributed by atoms with van der Waals surface area (Å²) in [6.07, 6.45) is 14.1. The number of hydrogen-bond acceptors (Lipinski definition) is 5. The molecule has 0 spiro atoms. The van der Waals surface area contributed by atoms with Crippen LogP contribution < -0.4 is 0 Å². The van der Waals surface area contributed by atoms with E-state index in [1.807, 2.05) is 26.0 Å². The third kappa shape index (κ3) is 3.81. The lowest BCUT2D eigenvalue weighted by Gasteiger charge is -2.59. The Morgan fingerprint density at radius 1 is 1.14 bits per heavy atom. The number of fused-ring (bicyclic) bond motifs is 1. The molecule has 152 valence electrons. The topological polar surface area (TPSA) is 80.7 Å². The fourth-order valence-corrected chi connectivity index (χ4v) is 5.03. The van der Waals surface area contributed by atoms with Crippen molar-refractivity contribution in [3.63, 3.8) is 0 Å². The van der Waals surface area contributed by atoms with Gasteiger partial charge in [0, 0.05) is 23.0 Å². The maximum absolute atomic E-state index is 12.3. The van der Waals surface area contributed by atoms with Crippen LogP contribution >= 0.6 is 0 Å². The highest BCUT2D eigenvalue weighted by molar-refractivity contribution is 5.89. The lowest BCUT2D eigenvalue weighted by Crippen LogP contribution is -2.64. The minimum Gasteiger partial charge on any atom is -0.455 e. The van der Waals surface area contributed by atoms with E-state index in [0.717, 1.165) is 12.8 Å². The molecule has 0 heterocycles. The highest BCUT2D eigenvalue weighted by Gasteiger charge is 2.64. The molecule has 2 rings (SSSR count). The molecule has 5 heteroatoms. The number of esters is 1. The van der Waals surface area contributed by atoms with E-state index < -0.39 is 23.1 Å². The van der Waals surface area contributed by atoms with Crippen LogP contribution in [0.2, 0.25) is 0 Å². The molecule has 0 aromatic rings. The zero-order chi connectivity index (χ0) is 21.0. The average Bonchev–Trinajstić information content (AvgIpc) is 2.63. The van der Waals surface area contributed by atoms with Gasteiger partial charge in [0.2, 0.25) is 0 Å². The Kier molecular flexibility index (Phi) is 6.60. The Balaban J connectivity index is 2.41. The number of hydrogen-bond donors (Lipinski definition) is 1. The molecule has 1 saturated carbocycles. The van der Waals surface area contributed by atoms with Crippen LogP contribution in [-0.2, 0) is 19.1 Å². The first-order valence-electron chi connectivity index (χ1n) is 9.69. The molecule has 0 amide bonds. The smallest absolute Gasteiger partial charge is 0.331 e.